The molecule has 0 radical (unpaired) electrons. The molecule has 1 fully saturated rings. The van der Waals surface area contributed by atoms with E-state index in [9.17, 15) is 13.2 Å². The highest BCUT2D eigenvalue weighted by Gasteiger charge is 2.30. The third-order valence-corrected chi connectivity index (χ3v) is 5.96. The molecule has 0 bridgehead atoms. The topological polar surface area (TPSA) is 96.8 Å². The second-order valence-electron chi connectivity index (χ2n) is 5.79. The number of amides is 1. The van der Waals surface area contributed by atoms with Gasteiger partial charge >= 0.3 is 0 Å². The van der Waals surface area contributed by atoms with E-state index in [1.54, 1.807) is 0 Å². The maximum absolute atomic E-state index is 12.3. The summed E-state index contributed by atoms with van der Waals surface area (Å²) in [5.41, 5.74) is 0. The van der Waals surface area contributed by atoms with E-state index in [0.29, 0.717) is 32.7 Å². The van der Waals surface area contributed by atoms with E-state index in [0.717, 1.165) is 6.42 Å². The Balaban J connectivity index is 2.46. The molecule has 0 aromatic rings. The number of rotatable bonds is 8. The molecule has 9 heteroatoms. The zero-order chi connectivity index (χ0) is 17.5. The first-order valence-electron chi connectivity index (χ1n) is 7.91. The molecule has 1 rings (SSSR count). The van der Waals surface area contributed by atoms with E-state index in [1.807, 2.05) is 24.8 Å². The van der Waals surface area contributed by atoms with Crippen molar-refractivity contribution in [2.24, 2.45) is 0 Å². The molecule has 23 heavy (non-hydrogen) atoms. The van der Waals surface area contributed by atoms with Crippen LogP contribution in [-0.2, 0) is 15.0 Å². The Morgan fingerprint density at radius 3 is 2.48 bits per heavy atom. The number of carbonyl (C=O) groups excluding carboxylic acids is 1. The SMILES string of the molecule is CCC(C)NC(=O)CN1CCN(S(=O)(=O)N(C)CCC#N)CC1. The van der Waals surface area contributed by atoms with Crippen molar-refractivity contribution in [1.29, 1.82) is 5.26 Å². The zero-order valence-corrected chi connectivity index (χ0v) is 15.0. The van der Waals surface area contributed by atoms with Crippen LogP contribution in [0.2, 0.25) is 0 Å². The van der Waals surface area contributed by atoms with Crippen LogP contribution in [0.4, 0.5) is 0 Å². The van der Waals surface area contributed by atoms with Gasteiger partial charge in [-0.25, -0.2) is 0 Å². The minimum absolute atomic E-state index is 0.0261. The van der Waals surface area contributed by atoms with Gasteiger partial charge in [0.25, 0.3) is 10.2 Å². The van der Waals surface area contributed by atoms with Crippen LogP contribution < -0.4 is 5.32 Å². The summed E-state index contributed by atoms with van der Waals surface area (Å²) >= 11 is 0. The predicted molar refractivity (Wildman–Crippen MR) is 87.7 cm³/mol. The molecule has 0 aromatic heterocycles. The van der Waals surface area contributed by atoms with Crippen LogP contribution in [-0.4, -0.2) is 80.2 Å². The molecular formula is C14H27N5O3S. The highest BCUT2D eigenvalue weighted by atomic mass is 32.2. The average Bonchev–Trinajstić information content (AvgIpc) is 2.52. The fourth-order valence-corrected chi connectivity index (χ4v) is 3.60. The van der Waals surface area contributed by atoms with Gasteiger partial charge in [0.15, 0.2) is 0 Å². The summed E-state index contributed by atoms with van der Waals surface area (Å²) in [6.45, 7) is 6.22. The molecule has 1 saturated heterocycles. The van der Waals surface area contributed by atoms with Crippen LogP contribution >= 0.6 is 0 Å². The number of hydrogen-bond acceptors (Lipinski definition) is 5. The van der Waals surface area contributed by atoms with Crippen molar-refractivity contribution in [2.75, 3.05) is 46.3 Å². The second-order valence-corrected chi connectivity index (χ2v) is 7.82. The summed E-state index contributed by atoms with van der Waals surface area (Å²) in [5.74, 6) is -0.0261. The monoisotopic (exact) mass is 345 g/mol. The van der Waals surface area contributed by atoms with E-state index in [1.165, 1.54) is 15.7 Å². The molecular weight excluding hydrogens is 318 g/mol. The Bertz CT molecular complexity index is 523. The summed E-state index contributed by atoms with van der Waals surface area (Å²) in [5, 5.41) is 11.5. The standard InChI is InChI=1S/C14H27N5O3S/c1-4-13(2)16-14(20)12-18-8-10-19(11-9-18)23(21,22)17(3)7-5-6-15/h13H,4-5,7-12H2,1-3H3,(H,16,20). The molecule has 1 atom stereocenters. The molecule has 0 aliphatic carbocycles. The first-order valence-corrected chi connectivity index (χ1v) is 9.31. The van der Waals surface area contributed by atoms with Gasteiger partial charge in [0.2, 0.25) is 5.91 Å². The van der Waals surface area contributed by atoms with Crippen molar-refractivity contribution in [2.45, 2.75) is 32.7 Å². The van der Waals surface area contributed by atoms with Crippen LogP contribution in [0.15, 0.2) is 0 Å². The molecule has 8 nitrogen and oxygen atoms in total. The maximum Gasteiger partial charge on any atom is 0.281 e. The van der Waals surface area contributed by atoms with Crippen molar-refractivity contribution < 1.29 is 13.2 Å². The molecule has 0 saturated carbocycles. The molecule has 0 spiro atoms. The minimum Gasteiger partial charge on any atom is -0.353 e. The van der Waals surface area contributed by atoms with Crippen LogP contribution in [0.3, 0.4) is 0 Å². The van der Waals surface area contributed by atoms with Crippen molar-refractivity contribution in [3.63, 3.8) is 0 Å². The Hall–Kier alpha value is -1.21. The van der Waals surface area contributed by atoms with Crippen molar-refractivity contribution in [3.8, 4) is 6.07 Å². The lowest BCUT2D eigenvalue weighted by molar-refractivity contribution is -0.123. The Kier molecular flexibility index (Phi) is 7.91. The molecule has 1 unspecified atom stereocenters. The zero-order valence-electron chi connectivity index (χ0n) is 14.2. The second kappa shape index (κ2) is 9.17. The van der Waals surface area contributed by atoms with Gasteiger partial charge in [0.05, 0.1) is 12.6 Å². The van der Waals surface area contributed by atoms with Gasteiger partial charge in [0.1, 0.15) is 0 Å². The lowest BCUT2D eigenvalue weighted by atomic mass is 10.2. The fraction of sp³-hybridized carbons (Fsp3) is 0.857. The summed E-state index contributed by atoms with van der Waals surface area (Å²) < 4.78 is 27.3. The Labute approximate surface area is 139 Å². The number of carbonyl (C=O) groups is 1. The molecule has 1 amide bonds. The number of piperazine rings is 1. The number of nitrogens with one attached hydrogen (secondary N) is 1. The fourth-order valence-electron chi connectivity index (χ4n) is 2.26. The van der Waals surface area contributed by atoms with Gasteiger partial charge in [0, 0.05) is 52.2 Å². The molecule has 0 aromatic carbocycles. The van der Waals surface area contributed by atoms with E-state index in [2.05, 4.69) is 5.32 Å². The molecule has 1 aliphatic heterocycles. The lowest BCUT2D eigenvalue weighted by Crippen LogP contribution is -2.54. The van der Waals surface area contributed by atoms with E-state index in [4.69, 9.17) is 5.26 Å². The summed E-state index contributed by atoms with van der Waals surface area (Å²) in [4.78, 5) is 13.8. The van der Waals surface area contributed by atoms with E-state index >= 15 is 0 Å². The smallest absolute Gasteiger partial charge is 0.281 e. The van der Waals surface area contributed by atoms with E-state index in [-0.39, 0.29) is 24.9 Å². The molecule has 1 aliphatic rings. The lowest BCUT2D eigenvalue weighted by Gasteiger charge is -2.35. The number of hydrogen-bond donors (Lipinski definition) is 1. The third-order valence-electron chi connectivity index (χ3n) is 3.98. The summed E-state index contributed by atoms with van der Waals surface area (Å²) in [7, 11) is -2.04. The van der Waals surface area contributed by atoms with E-state index < -0.39 is 10.2 Å². The highest BCUT2D eigenvalue weighted by molar-refractivity contribution is 7.86. The minimum atomic E-state index is -3.52. The first kappa shape index (κ1) is 19.8. The van der Waals surface area contributed by atoms with Crippen LogP contribution in [0.25, 0.3) is 0 Å². The largest absolute Gasteiger partial charge is 0.353 e. The van der Waals surface area contributed by atoms with Gasteiger partial charge in [-0.15, -0.1) is 0 Å². The van der Waals surface area contributed by atoms with Gasteiger partial charge in [-0.2, -0.15) is 22.3 Å². The third kappa shape index (κ3) is 6.06. The Morgan fingerprint density at radius 1 is 1.35 bits per heavy atom. The predicted octanol–water partition coefficient (Wildman–Crippen LogP) is -0.391. The van der Waals surface area contributed by atoms with Gasteiger partial charge in [-0.05, 0) is 13.3 Å². The van der Waals surface area contributed by atoms with Gasteiger partial charge in [-0.1, -0.05) is 6.92 Å². The number of nitrogens with zero attached hydrogens (tertiary/aromatic N) is 4. The van der Waals surface area contributed by atoms with Crippen LogP contribution in [0.1, 0.15) is 26.7 Å². The normalized spacial score (nSPS) is 18.6. The van der Waals surface area contributed by atoms with Crippen molar-refractivity contribution >= 4 is 16.1 Å². The molecule has 132 valence electrons. The quantitative estimate of drug-likeness (QED) is 0.646. The first-order chi connectivity index (χ1) is 10.8. The van der Waals surface area contributed by atoms with Gasteiger partial charge < -0.3 is 5.32 Å². The van der Waals surface area contributed by atoms with Crippen LogP contribution in [0.5, 0.6) is 0 Å². The molecule has 1 N–H and O–H groups in total. The van der Waals surface area contributed by atoms with Crippen LogP contribution in [0, 0.1) is 11.3 Å². The van der Waals surface area contributed by atoms with Crippen molar-refractivity contribution in [3.05, 3.63) is 0 Å². The van der Waals surface area contributed by atoms with Gasteiger partial charge in [-0.3, -0.25) is 9.69 Å². The Morgan fingerprint density at radius 2 is 1.96 bits per heavy atom. The average molecular weight is 345 g/mol. The highest BCUT2D eigenvalue weighted by Crippen LogP contribution is 2.11. The summed E-state index contributed by atoms with van der Waals surface area (Å²) in [6.07, 6.45) is 1.05. The van der Waals surface area contributed by atoms with Crippen molar-refractivity contribution in [1.82, 2.24) is 18.8 Å². The maximum atomic E-state index is 12.3. The summed E-state index contributed by atoms with van der Waals surface area (Å²) in [6, 6.07) is 2.10. The number of nitriles is 1. The molecule has 1 heterocycles.